The van der Waals surface area contributed by atoms with Crippen molar-refractivity contribution >= 4 is 5.65 Å². The summed E-state index contributed by atoms with van der Waals surface area (Å²) in [5.74, 6) is 1.07. The number of aryl methyl sites for hydroxylation is 1. The van der Waals surface area contributed by atoms with Crippen molar-refractivity contribution in [2.24, 2.45) is 0 Å². The molecule has 0 aromatic carbocycles. The van der Waals surface area contributed by atoms with Gasteiger partial charge in [-0.2, -0.15) is 0 Å². The minimum absolute atomic E-state index is 0.566. The maximum Gasteiger partial charge on any atom is 0.163 e. The molecule has 3 rings (SSSR count). The maximum atomic E-state index is 4.32. The zero-order valence-corrected chi connectivity index (χ0v) is 10.2. The van der Waals surface area contributed by atoms with Crippen LogP contribution in [0.15, 0.2) is 18.3 Å². The first-order chi connectivity index (χ1) is 8.34. The standard InChI is InChI=1S/C13H18N4/c1-10-5-4-8-17-12(15-16-13(10)17)9-11-6-2-3-7-14-11/h4-5,8,11,14H,2-3,6-7,9H2,1H3. The fraction of sp³-hybridized carbons (Fsp3) is 0.538. The molecule has 1 aliphatic rings. The quantitative estimate of drug-likeness (QED) is 0.854. The summed E-state index contributed by atoms with van der Waals surface area (Å²) in [6, 6.07) is 4.70. The molecule has 0 spiro atoms. The molecule has 90 valence electrons. The highest BCUT2D eigenvalue weighted by Gasteiger charge is 2.16. The lowest BCUT2D eigenvalue weighted by molar-refractivity contribution is 0.393. The topological polar surface area (TPSA) is 42.2 Å². The summed E-state index contributed by atoms with van der Waals surface area (Å²) in [7, 11) is 0. The Labute approximate surface area is 101 Å². The van der Waals surface area contributed by atoms with E-state index in [1.807, 2.05) is 0 Å². The van der Waals surface area contributed by atoms with Crippen molar-refractivity contribution in [3.8, 4) is 0 Å². The Kier molecular flexibility index (Phi) is 2.81. The van der Waals surface area contributed by atoms with E-state index in [2.05, 4.69) is 45.2 Å². The fourth-order valence-corrected chi connectivity index (χ4v) is 2.55. The molecule has 0 saturated carbocycles. The largest absolute Gasteiger partial charge is 0.314 e. The third-order valence-electron chi connectivity index (χ3n) is 3.54. The molecule has 2 aromatic heterocycles. The molecule has 2 aromatic rings. The average molecular weight is 230 g/mol. The Morgan fingerprint density at radius 2 is 2.35 bits per heavy atom. The van der Waals surface area contributed by atoms with Gasteiger partial charge in [0.25, 0.3) is 0 Å². The predicted octanol–water partition coefficient (Wildman–Crippen LogP) is 1.72. The number of hydrogen-bond donors (Lipinski definition) is 1. The number of piperidine rings is 1. The molecule has 1 atom stereocenters. The van der Waals surface area contributed by atoms with E-state index < -0.39 is 0 Å². The summed E-state index contributed by atoms with van der Waals surface area (Å²) in [6.07, 6.45) is 6.91. The van der Waals surface area contributed by atoms with Gasteiger partial charge in [0.15, 0.2) is 5.65 Å². The Morgan fingerprint density at radius 3 is 3.18 bits per heavy atom. The van der Waals surface area contributed by atoms with Gasteiger partial charge in [0.1, 0.15) is 5.82 Å². The first kappa shape index (κ1) is 10.7. The molecule has 0 bridgehead atoms. The third-order valence-corrected chi connectivity index (χ3v) is 3.54. The third kappa shape index (κ3) is 2.05. The van der Waals surface area contributed by atoms with E-state index in [9.17, 15) is 0 Å². The number of nitrogens with one attached hydrogen (secondary N) is 1. The van der Waals surface area contributed by atoms with Gasteiger partial charge in [0, 0.05) is 18.7 Å². The minimum atomic E-state index is 0.566. The Hall–Kier alpha value is -1.42. The summed E-state index contributed by atoms with van der Waals surface area (Å²) in [5.41, 5.74) is 2.17. The van der Waals surface area contributed by atoms with Crippen LogP contribution in [-0.2, 0) is 6.42 Å². The van der Waals surface area contributed by atoms with Crippen molar-refractivity contribution in [1.29, 1.82) is 0 Å². The Bertz CT molecular complexity index is 511. The van der Waals surface area contributed by atoms with Crippen molar-refractivity contribution in [2.75, 3.05) is 6.54 Å². The van der Waals surface area contributed by atoms with Crippen LogP contribution in [0.4, 0.5) is 0 Å². The zero-order chi connectivity index (χ0) is 11.7. The molecule has 0 amide bonds. The van der Waals surface area contributed by atoms with Gasteiger partial charge in [0.2, 0.25) is 0 Å². The number of hydrogen-bond acceptors (Lipinski definition) is 3. The van der Waals surface area contributed by atoms with E-state index in [0.717, 1.165) is 24.4 Å². The lowest BCUT2D eigenvalue weighted by atomic mass is 10.0. The van der Waals surface area contributed by atoms with Gasteiger partial charge in [-0.05, 0) is 37.9 Å². The summed E-state index contributed by atoms with van der Waals surface area (Å²) in [4.78, 5) is 0. The van der Waals surface area contributed by atoms with Gasteiger partial charge in [-0.3, -0.25) is 4.40 Å². The predicted molar refractivity (Wildman–Crippen MR) is 67.1 cm³/mol. The molecular formula is C13H18N4. The normalized spacial score (nSPS) is 20.9. The van der Waals surface area contributed by atoms with Crippen LogP contribution in [0.5, 0.6) is 0 Å². The van der Waals surface area contributed by atoms with Crippen LogP contribution in [0.3, 0.4) is 0 Å². The monoisotopic (exact) mass is 230 g/mol. The van der Waals surface area contributed by atoms with Crippen molar-refractivity contribution in [3.63, 3.8) is 0 Å². The summed E-state index contributed by atoms with van der Waals surface area (Å²) < 4.78 is 2.12. The molecule has 1 unspecified atom stereocenters. The van der Waals surface area contributed by atoms with Gasteiger partial charge >= 0.3 is 0 Å². The lowest BCUT2D eigenvalue weighted by Crippen LogP contribution is -2.36. The van der Waals surface area contributed by atoms with Gasteiger partial charge < -0.3 is 5.32 Å². The average Bonchev–Trinajstić information content (AvgIpc) is 2.76. The minimum Gasteiger partial charge on any atom is -0.314 e. The molecule has 17 heavy (non-hydrogen) atoms. The highest BCUT2D eigenvalue weighted by atomic mass is 15.2. The van der Waals surface area contributed by atoms with Crippen LogP contribution in [0.1, 0.15) is 30.7 Å². The summed E-state index contributed by atoms with van der Waals surface area (Å²) in [5, 5.41) is 12.1. The first-order valence-electron chi connectivity index (χ1n) is 6.37. The van der Waals surface area contributed by atoms with E-state index in [1.165, 1.54) is 24.8 Å². The smallest absolute Gasteiger partial charge is 0.163 e. The van der Waals surface area contributed by atoms with Crippen LogP contribution in [0.2, 0.25) is 0 Å². The van der Waals surface area contributed by atoms with Crippen LogP contribution in [0.25, 0.3) is 5.65 Å². The highest BCUT2D eigenvalue weighted by molar-refractivity contribution is 5.46. The molecule has 4 heteroatoms. The van der Waals surface area contributed by atoms with Crippen molar-refractivity contribution in [1.82, 2.24) is 19.9 Å². The molecule has 0 radical (unpaired) electrons. The first-order valence-corrected chi connectivity index (χ1v) is 6.37. The number of nitrogens with zero attached hydrogens (tertiary/aromatic N) is 3. The van der Waals surface area contributed by atoms with E-state index in [-0.39, 0.29) is 0 Å². The van der Waals surface area contributed by atoms with Gasteiger partial charge in [-0.15, -0.1) is 10.2 Å². The number of aromatic nitrogens is 3. The molecule has 0 aliphatic carbocycles. The second kappa shape index (κ2) is 4.45. The van der Waals surface area contributed by atoms with E-state index in [4.69, 9.17) is 0 Å². The van der Waals surface area contributed by atoms with E-state index in [1.54, 1.807) is 0 Å². The molecule has 4 nitrogen and oxygen atoms in total. The van der Waals surface area contributed by atoms with E-state index in [0.29, 0.717) is 6.04 Å². The van der Waals surface area contributed by atoms with Crippen molar-refractivity contribution < 1.29 is 0 Å². The number of pyridine rings is 1. The fourth-order valence-electron chi connectivity index (χ4n) is 2.55. The van der Waals surface area contributed by atoms with Crippen LogP contribution in [0, 0.1) is 6.92 Å². The SMILES string of the molecule is Cc1cccn2c(CC3CCCCN3)nnc12. The van der Waals surface area contributed by atoms with Crippen molar-refractivity contribution in [3.05, 3.63) is 29.7 Å². The Balaban J connectivity index is 1.87. The second-order valence-corrected chi connectivity index (χ2v) is 4.85. The van der Waals surface area contributed by atoms with Crippen LogP contribution < -0.4 is 5.32 Å². The maximum absolute atomic E-state index is 4.32. The molecule has 1 N–H and O–H groups in total. The van der Waals surface area contributed by atoms with Gasteiger partial charge in [-0.1, -0.05) is 12.5 Å². The Morgan fingerprint density at radius 1 is 1.41 bits per heavy atom. The highest BCUT2D eigenvalue weighted by Crippen LogP contribution is 2.14. The van der Waals surface area contributed by atoms with Crippen LogP contribution in [-0.4, -0.2) is 27.2 Å². The molecule has 1 fully saturated rings. The number of rotatable bonds is 2. The van der Waals surface area contributed by atoms with E-state index >= 15 is 0 Å². The van der Waals surface area contributed by atoms with Crippen molar-refractivity contribution in [2.45, 2.75) is 38.6 Å². The lowest BCUT2D eigenvalue weighted by Gasteiger charge is -2.22. The zero-order valence-electron chi connectivity index (χ0n) is 10.2. The van der Waals surface area contributed by atoms with Crippen LogP contribution >= 0.6 is 0 Å². The van der Waals surface area contributed by atoms with Gasteiger partial charge in [0.05, 0.1) is 0 Å². The molecule has 1 saturated heterocycles. The molecule has 1 aliphatic heterocycles. The molecular weight excluding hydrogens is 212 g/mol. The van der Waals surface area contributed by atoms with Gasteiger partial charge in [-0.25, -0.2) is 0 Å². The summed E-state index contributed by atoms with van der Waals surface area (Å²) in [6.45, 7) is 3.22. The summed E-state index contributed by atoms with van der Waals surface area (Å²) >= 11 is 0. The second-order valence-electron chi connectivity index (χ2n) is 4.85. The molecule has 3 heterocycles. The number of fused-ring (bicyclic) bond motifs is 1.